The van der Waals surface area contributed by atoms with E-state index in [9.17, 15) is 0 Å². The minimum atomic E-state index is 0.0381. The SMILES string of the molecule is COc1c(C)c(C)c(Br)c(C)c1C1(C)CCCN1. The molecule has 3 heteroatoms. The predicted molar refractivity (Wildman–Crippen MR) is 79.5 cm³/mol. The highest BCUT2D eigenvalue weighted by Gasteiger charge is 2.35. The smallest absolute Gasteiger partial charge is 0.127 e. The maximum Gasteiger partial charge on any atom is 0.127 e. The lowest BCUT2D eigenvalue weighted by atomic mass is 9.84. The van der Waals surface area contributed by atoms with Gasteiger partial charge in [0.05, 0.1) is 7.11 Å². The molecular weight excluding hydrogens is 290 g/mol. The highest BCUT2D eigenvalue weighted by molar-refractivity contribution is 9.10. The normalized spacial score (nSPS) is 23.4. The number of rotatable bonds is 2. The van der Waals surface area contributed by atoms with Crippen molar-refractivity contribution in [1.29, 1.82) is 0 Å². The second-order valence-electron chi connectivity index (χ2n) is 5.46. The van der Waals surface area contributed by atoms with E-state index in [0.717, 1.165) is 12.3 Å². The monoisotopic (exact) mass is 311 g/mol. The van der Waals surface area contributed by atoms with Crippen LogP contribution < -0.4 is 10.1 Å². The number of halogens is 1. The van der Waals surface area contributed by atoms with Gasteiger partial charge in [0.2, 0.25) is 0 Å². The number of benzene rings is 1. The Morgan fingerprint density at radius 3 is 2.33 bits per heavy atom. The standard InChI is InChI=1S/C15H22BrNO/c1-9-10(2)14(18-5)12(11(3)13(9)16)15(4)7-6-8-17-15/h17H,6-8H2,1-5H3. The minimum absolute atomic E-state index is 0.0381. The van der Waals surface area contributed by atoms with Gasteiger partial charge in [0, 0.05) is 15.6 Å². The zero-order valence-corrected chi connectivity index (χ0v) is 13.5. The largest absolute Gasteiger partial charge is 0.496 e. The molecule has 1 saturated heterocycles. The molecule has 1 aliphatic rings. The second kappa shape index (κ2) is 4.86. The molecule has 100 valence electrons. The summed E-state index contributed by atoms with van der Waals surface area (Å²) in [7, 11) is 1.77. The van der Waals surface area contributed by atoms with Gasteiger partial charge in [-0.3, -0.25) is 0 Å². The predicted octanol–water partition coefficient (Wildman–Crippen LogP) is 3.98. The molecule has 2 rings (SSSR count). The summed E-state index contributed by atoms with van der Waals surface area (Å²) in [6, 6.07) is 0. The first kappa shape index (κ1) is 13.9. The van der Waals surface area contributed by atoms with E-state index >= 15 is 0 Å². The van der Waals surface area contributed by atoms with Crippen LogP contribution in [0, 0.1) is 20.8 Å². The molecule has 0 saturated carbocycles. The number of hydrogen-bond acceptors (Lipinski definition) is 2. The van der Waals surface area contributed by atoms with Crippen LogP contribution in [0.25, 0.3) is 0 Å². The van der Waals surface area contributed by atoms with Crippen LogP contribution in [0.5, 0.6) is 5.75 Å². The summed E-state index contributed by atoms with van der Waals surface area (Å²) in [6.45, 7) is 9.83. The summed E-state index contributed by atoms with van der Waals surface area (Å²) in [5, 5.41) is 3.64. The molecule has 1 unspecified atom stereocenters. The maximum absolute atomic E-state index is 5.71. The summed E-state index contributed by atoms with van der Waals surface area (Å²) in [5.41, 5.74) is 5.16. The third kappa shape index (κ3) is 1.97. The van der Waals surface area contributed by atoms with Crippen LogP contribution in [0.2, 0.25) is 0 Å². The first-order valence-corrected chi connectivity index (χ1v) is 7.30. The minimum Gasteiger partial charge on any atom is -0.496 e. The third-order valence-electron chi connectivity index (χ3n) is 4.29. The van der Waals surface area contributed by atoms with Crippen LogP contribution >= 0.6 is 15.9 Å². The third-order valence-corrected chi connectivity index (χ3v) is 5.48. The van der Waals surface area contributed by atoms with E-state index < -0.39 is 0 Å². The van der Waals surface area contributed by atoms with Crippen LogP contribution in [0.1, 0.15) is 42.0 Å². The second-order valence-corrected chi connectivity index (χ2v) is 6.25. The number of nitrogens with one attached hydrogen (secondary N) is 1. The van der Waals surface area contributed by atoms with Crippen molar-refractivity contribution >= 4 is 15.9 Å². The van der Waals surface area contributed by atoms with Crippen LogP contribution in [-0.4, -0.2) is 13.7 Å². The van der Waals surface area contributed by atoms with Gasteiger partial charge in [-0.25, -0.2) is 0 Å². The molecule has 1 N–H and O–H groups in total. The average molecular weight is 312 g/mol. The molecular formula is C15H22BrNO. The Labute approximate surface area is 118 Å². The van der Waals surface area contributed by atoms with Crippen molar-refractivity contribution in [3.05, 3.63) is 26.7 Å². The lowest BCUT2D eigenvalue weighted by molar-refractivity contribution is 0.366. The summed E-state index contributed by atoms with van der Waals surface area (Å²) in [5.74, 6) is 1.05. The molecule has 1 atom stereocenters. The molecule has 1 aromatic rings. The first-order chi connectivity index (χ1) is 8.42. The molecule has 0 spiro atoms. The van der Waals surface area contributed by atoms with Crippen LogP contribution in [0.15, 0.2) is 4.47 Å². The average Bonchev–Trinajstić information content (AvgIpc) is 2.78. The molecule has 0 radical (unpaired) electrons. The fourth-order valence-corrected chi connectivity index (χ4v) is 3.61. The topological polar surface area (TPSA) is 21.3 Å². The van der Waals surface area contributed by atoms with E-state index in [4.69, 9.17) is 4.74 Å². The van der Waals surface area contributed by atoms with Crippen molar-refractivity contribution in [3.8, 4) is 5.75 Å². The van der Waals surface area contributed by atoms with E-state index in [-0.39, 0.29) is 5.54 Å². The molecule has 2 nitrogen and oxygen atoms in total. The van der Waals surface area contributed by atoms with Gasteiger partial charge < -0.3 is 10.1 Å². The van der Waals surface area contributed by atoms with Gasteiger partial charge in [-0.05, 0) is 63.8 Å². The van der Waals surface area contributed by atoms with Gasteiger partial charge in [0.1, 0.15) is 5.75 Å². The van der Waals surface area contributed by atoms with E-state index in [2.05, 4.69) is 48.9 Å². The Kier molecular flexibility index (Phi) is 3.75. The molecule has 1 aromatic carbocycles. The summed E-state index contributed by atoms with van der Waals surface area (Å²) in [6.07, 6.45) is 2.39. The quantitative estimate of drug-likeness (QED) is 0.892. The number of ether oxygens (including phenoxy) is 1. The van der Waals surface area contributed by atoms with E-state index in [1.54, 1.807) is 7.11 Å². The van der Waals surface area contributed by atoms with Crippen molar-refractivity contribution in [3.63, 3.8) is 0 Å². The fourth-order valence-electron chi connectivity index (χ4n) is 3.11. The van der Waals surface area contributed by atoms with E-state index in [1.807, 2.05) is 0 Å². The summed E-state index contributed by atoms with van der Waals surface area (Å²) >= 11 is 3.73. The number of hydrogen-bond donors (Lipinski definition) is 1. The van der Waals surface area contributed by atoms with Crippen LogP contribution in [0.3, 0.4) is 0 Å². The Bertz CT molecular complexity index is 476. The molecule has 0 aromatic heterocycles. The van der Waals surface area contributed by atoms with Crippen LogP contribution in [-0.2, 0) is 5.54 Å². The van der Waals surface area contributed by atoms with E-state index in [1.165, 1.54) is 39.6 Å². The van der Waals surface area contributed by atoms with Crippen molar-refractivity contribution in [2.75, 3.05) is 13.7 Å². The summed E-state index contributed by atoms with van der Waals surface area (Å²) in [4.78, 5) is 0. The number of methoxy groups -OCH3 is 1. The Hall–Kier alpha value is -0.540. The van der Waals surface area contributed by atoms with Gasteiger partial charge in [-0.1, -0.05) is 15.9 Å². The lowest BCUT2D eigenvalue weighted by Crippen LogP contribution is -2.34. The molecule has 1 fully saturated rings. The Morgan fingerprint density at radius 2 is 1.83 bits per heavy atom. The fraction of sp³-hybridized carbons (Fsp3) is 0.600. The molecule has 1 aliphatic heterocycles. The lowest BCUT2D eigenvalue weighted by Gasteiger charge is -2.31. The van der Waals surface area contributed by atoms with Crippen LogP contribution in [0.4, 0.5) is 0 Å². The van der Waals surface area contributed by atoms with Gasteiger partial charge in [-0.15, -0.1) is 0 Å². The molecule has 0 amide bonds. The Balaban J connectivity index is 2.72. The van der Waals surface area contributed by atoms with Crippen molar-refractivity contribution in [1.82, 2.24) is 5.32 Å². The van der Waals surface area contributed by atoms with Crippen molar-refractivity contribution < 1.29 is 4.74 Å². The Morgan fingerprint density at radius 1 is 1.17 bits per heavy atom. The van der Waals surface area contributed by atoms with Crippen molar-refractivity contribution in [2.24, 2.45) is 0 Å². The van der Waals surface area contributed by atoms with Gasteiger partial charge in [0.25, 0.3) is 0 Å². The first-order valence-electron chi connectivity index (χ1n) is 6.51. The zero-order chi connectivity index (χ0) is 13.5. The maximum atomic E-state index is 5.71. The van der Waals surface area contributed by atoms with Crippen molar-refractivity contribution in [2.45, 2.75) is 46.1 Å². The highest BCUT2D eigenvalue weighted by Crippen LogP contribution is 2.44. The van der Waals surface area contributed by atoms with Gasteiger partial charge >= 0.3 is 0 Å². The van der Waals surface area contributed by atoms with Gasteiger partial charge in [-0.2, -0.15) is 0 Å². The zero-order valence-electron chi connectivity index (χ0n) is 11.9. The van der Waals surface area contributed by atoms with Gasteiger partial charge in [0.15, 0.2) is 0 Å². The highest BCUT2D eigenvalue weighted by atomic mass is 79.9. The summed E-state index contributed by atoms with van der Waals surface area (Å²) < 4.78 is 6.92. The molecule has 1 heterocycles. The molecule has 0 aliphatic carbocycles. The van der Waals surface area contributed by atoms with E-state index in [0.29, 0.717) is 0 Å². The molecule has 0 bridgehead atoms. The molecule has 18 heavy (non-hydrogen) atoms.